The Balaban J connectivity index is 1.86. The standard InChI is InChI=1S/C15H18N2OS/c1-12-4-6-13(7-5-12)8-9-14(18)16-15(19)17-10-2-3-11-17/h4-9H,2-3,10-11H2,1H3,(H,16,18,19). The highest BCUT2D eigenvalue weighted by atomic mass is 32.1. The fourth-order valence-corrected chi connectivity index (χ4v) is 2.28. The molecule has 0 radical (unpaired) electrons. The van der Waals surface area contributed by atoms with E-state index in [-0.39, 0.29) is 5.91 Å². The summed E-state index contributed by atoms with van der Waals surface area (Å²) >= 11 is 5.20. The number of aryl methyl sites for hydroxylation is 1. The average molecular weight is 274 g/mol. The van der Waals surface area contributed by atoms with Gasteiger partial charge in [-0.25, -0.2) is 0 Å². The highest BCUT2D eigenvalue weighted by molar-refractivity contribution is 7.80. The van der Waals surface area contributed by atoms with Gasteiger partial charge in [-0.2, -0.15) is 0 Å². The van der Waals surface area contributed by atoms with Crippen LogP contribution in [0, 0.1) is 6.92 Å². The Kier molecular flexibility index (Phi) is 4.68. The van der Waals surface area contributed by atoms with Crippen LogP contribution in [0.25, 0.3) is 6.08 Å². The van der Waals surface area contributed by atoms with Crippen LogP contribution in [-0.2, 0) is 4.79 Å². The number of hydrogen-bond acceptors (Lipinski definition) is 2. The summed E-state index contributed by atoms with van der Waals surface area (Å²) in [6, 6.07) is 8.01. The van der Waals surface area contributed by atoms with Crippen LogP contribution in [0.5, 0.6) is 0 Å². The molecule has 2 rings (SSSR count). The minimum Gasteiger partial charge on any atom is -0.349 e. The molecule has 0 atom stereocenters. The van der Waals surface area contributed by atoms with Crippen molar-refractivity contribution in [2.75, 3.05) is 13.1 Å². The Morgan fingerprint density at radius 1 is 1.26 bits per heavy atom. The first-order valence-corrected chi connectivity index (χ1v) is 6.90. The van der Waals surface area contributed by atoms with E-state index in [4.69, 9.17) is 12.2 Å². The number of carbonyl (C=O) groups excluding carboxylic acids is 1. The largest absolute Gasteiger partial charge is 0.349 e. The minimum absolute atomic E-state index is 0.169. The monoisotopic (exact) mass is 274 g/mol. The molecule has 1 aliphatic rings. The molecule has 19 heavy (non-hydrogen) atoms. The molecule has 0 bridgehead atoms. The third-order valence-electron chi connectivity index (χ3n) is 3.13. The lowest BCUT2D eigenvalue weighted by Crippen LogP contribution is -2.40. The molecular weight excluding hydrogens is 256 g/mol. The molecule has 0 unspecified atom stereocenters. The fraction of sp³-hybridized carbons (Fsp3) is 0.333. The van der Waals surface area contributed by atoms with Gasteiger partial charge in [0.2, 0.25) is 5.91 Å². The van der Waals surface area contributed by atoms with E-state index < -0.39 is 0 Å². The number of nitrogens with zero attached hydrogens (tertiary/aromatic N) is 1. The SMILES string of the molecule is Cc1ccc(C=CC(=O)NC(=S)N2CCCC2)cc1. The Labute approximate surface area is 119 Å². The zero-order valence-corrected chi connectivity index (χ0v) is 11.9. The molecular formula is C15H18N2OS. The van der Waals surface area contributed by atoms with Gasteiger partial charge in [0, 0.05) is 19.2 Å². The van der Waals surface area contributed by atoms with E-state index in [1.54, 1.807) is 6.08 Å². The van der Waals surface area contributed by atoms with Crippen molar-refractivity contribution < 1.29 is 4.79 Å². The van der Waals surface area contributed by atoms with Crippen LogP contribution >= 0.6 is 12.2 Å². The van der Waals surface area contributed by atoms with Crippen LogP contribution in [0.1, 0.15) is 24.0 Å². The molecule has 1 aromatic rings. The summed E-state index contributed by atoms with van der Waals surface area (Å²) in [6.07, 6.45) is 5.61. The molecule has 3 nitrogen and oxygen atoms in total. The smallest absolute Gasteiger partial charge is 0.250 e. The van der Waals surface area contributed by atoms with Gasteiger partial charge >= 0.3 is 0 Å². The van der Waals surface area contributed by atoms with Crippen LogP contribution in [-0.4, -0.2) is 29.0 Å². The van der Waals surface area contributed by atoms with Gasteiger partial charge < -0.3 is 4.90 Å². The summed E-state index contributed by atoms with van der Waals surface area (Å²) in [5.74, 6) is -0.169. The van der Waals surface area contributed by atoms with Crippen molar-refractivity contribution >= 4 is 29.3 Å². The van der Waals surface area contributed by atoms with Crippen molar-refractivity contribution in [1.82, 2.24) is 10.2 Å². The van der Waals surface area contributed by atoms with E-state index in [9.17, 15) is 4.79 Å². The van der Waals surface area contributed by atoms with E-state index in [2.05, 4.69) is 5.32 Å². The van der Waals surface area contributed by atoms with Gasteiger partial charge in [0.25, 0.3) is 0 Å². The second kappa shape index (κ2) is 6.48. The zero-order chi connectivity index (χ0) is 13.7. The summed E-state index contributed by atoms with van der Waals surface area (Å²) in [6.45, 7) is 3.93. The van der Waals surface area contributed by atoms with Crippen molar-refractivity contribution in [1.29, 1.82) is 0 Å². The predicted molar refractivity (Wildman–Crippen MR) is 81.8 cm³/mol. The molecule has 1 aromatic carbocycles. The number of carbonyl (C=O) groups is 1. The van der Waals surface area contributed by atoms with Gasteiger partial charge in [-0.3, -0.25) is 10.1 Å². The Morgan fingerprint density at radius 3 is 2.53 bits per heavy atom. The molecule has 1 aliphatic heterocycles. The quantitative estimate of drug-likeness (QED) is 0.664. The van der Waals surface area contributed by atoms with Gasteiger partial charge in [0.05, 0.1) is 0 Å². The number of nitrogens with one attached hydrogen (secondary N) is 1. The van der Waals surface area contributed by atoms with E-state index in [1.807, 2.05) is 36.1 Å². The second-order valence-electron chi connectivity index (χ2n) is 4.73. The molecule has 0 aliphatic carbocycles. The maximum Gasteiger partial charge on any atom is 0.250 e. The van der Waals surface area contributed by atoms with Gasteiger partial charge in [-0.15, -0.1) is 0 Å². The molecule has 100 valence electrons. The van der Waals surface area contributed by atoms with Gasteiger partial charge in [0.15, 0.2) is 5.11 Å². The first-order valence-electron chi connectivity index (χ1n) is 6.50. The van der Waals surface area contributed by atoms with E-state index in [0.717, 1.165) is 31.5 Å². The van der Waals surface area contributed by atoms with Crippen molar-refractivity contribution in [3.63, 3.8) is 0 Å². The second-order valence-corrected chi connectivity index (χ2v) is 5.12. The van der Waals surface area contributed by atoms with Gasteiger partial charge in [-0.05, 0) is 43.6 Å². The van der Waals surface area contributed by atoms with Crippen molar-refractivity contribution in [3.05, 3.63) is 41.5 Å². The van der Waals surface area contributed by atoms with Crippen LogP contribution in [0.3, 0.4) is 0 Å². The molecule has 1 saturated heterocycles. The summed E-state index contributed by atoms with van der Waals surface area (Å²) in [5, 5.41) is 3.27. The Morgan fingerprint density at radius 2 is 1.89 bits per heavy atom. The number of thiocarbonyl (C=S) groups is 1. The lowest BCUT2D eigenvalue weighted by atomic mass is 10.1. The molecule has 0 saturated carbocycles. The molecule has 1 heterocycles. The number of amides is 1. The highest BCUT2D eigenvalue weighted by Crippen LogP contribution is 2.07. The fourth-order valence-electron chi connectivity index (χ4n) is 2.00. The maximum atomic E-state index is 11.7. The Hall–Kier alpha value is -1.68. The molecule has 0 spiro atoms. The van der Waals surface area contributed by atoms with Crippen molar-refractivity contribution in [3.8, 4) is 0 Å². The first kappa shape index (κ1) is 13.7. The Bertz CT molecular complexity index is 487. The zero-order valence-electron chi connectivity index (χ0n) is 11.1. The summed E-state index contributed by atoms with van der Waals surface area (Å²) in [5.41, 5.74) is 2.21. The topological polar surface area (TPSA) is 32.3 Å². The molecule has 1 fully saturated rings. The van der Waals surface area contributed by atoms with Crippen LogP contribution in [0.15, 0.2) is 30.3 Å². The number of rotatable bonds is 2. The lowest BCUT2D eigenvalue weighted by Gasteiger charge is -2.17. The summed E-state index contributed by atoms with van der Waals surface area (Å²) < 4.78 is 0. The molecule has 0 aromatic heterocycles. The molecule has 4 heteroatoms. The summed E-state index contributed by atoms with van der Waals surface area (Å²) in [4.78, 5) is 13.8. The third kappa shape index (κ3) is 4.17. The number of benzene rings is 1. The predicted octanol–water partition coefficient (Wildman–Crippen LogP) is 2.51. The van der Waals surface area contributed by atoms with Gasteiger partial charge in [0.1, 0.15) is 0 Å². The van der Waals surface area contributed by atoms with Crippen molar-refractivity contribution in [2.45, 2.75) is 19.8 Å². The van der Waals surface area contributed by atoms with Crippen molar-refractivity contribution in [2.24, 2.45) is 0 Å². The van der Waals surface area contributed by atoms with Crippen LogP contribution in [0.2, 0.25) is 0 Å². The van der Waals surface area contributed by atoms with Crippen LogP contribution in [0.4, 0.5) is 0 Å². The molecule has 1 N–H and O–H groups in total. The highest BCUT2D eigenvalue weighted by Gasteiger charge is 2.15. The van der Waals surface area contributed by atoms with Crippen LogP contribution < -0.4 is 5.32 Å². The number of hydrogen-bond donors (Lipinski definition) is 1. The van der Waals surface area contributed by atoms with E-state index >= 15 is 0 Å². The lowest BCUT2D eigenvalue weighted by molar-refractivity contribution is -0.115. The van der Waals surface area contributed by atoms with E-state index in [0.29, 0.717) is 5.11 Å². The third-order valence-corrected chi connectivity index (χ3v) is 3.49. The molecule has 1 amide bonds. The minimum atomic E-state index is -0.169. The van der Waals surface area contributed by atoms with E-state index in [1.165, 1.54) is 11.6 Å². The maximum absolute atomic E-state index is 11.7. The van der Waals surface area contributed by atoms with Gasteiger partial charge in [-0.1, -0.05) is 29.8 Å². The first-order chi connectivity index (χ1) is 9.15. The summed E-state index contributed by atoms with van der Waals surface area (Å²) in [7, 11) is 0. The average Bonchev–Trinajstić information content (AvgIpc) is 2.92. The number of likely N-dealkylation sites (tertiary alicyclic amines) is 1. The normalized spacial score (nSPS) is 14.9.